The van der Waals surface area contributed by atoms with Gasteiger partial charge in [-0.2, -0.15) is 5.10 Å². The van der Waals surface area contributed by atoms with Gasteiger partial charge in [-0.25, -0.2) is 0 Å². The highest BCUT2D eigenvalue weighted by Gasteiger charge is 2.31. The summed E-state index contributed by atoms with van der Waals surface area (Å²) in [5.41, 5.74) is 5.61. The third-order valence-electron chi connectivity index (χ3n) is 5.53. The number of carbonyl (C=O) groups excluding carboxylic acids is 2. The molecule has 2 aromatic rings. The van der Waals surface area contributed by atoms with Crippen molar-refractivity contribution < 1.29 is 9.59 Å². The third-order valence-corrected chi connectivity index (χ3v) is 5.53. The molecule has 0 saturated carbocycles. The number of aromatic nitrogens is 2. The lowest BCUT2D eigenvalue weighted by molar-refractivity contribution is -0.121. The van der Waals surface area contributed by atoms with Crippen LogP contribution in [-0.2, 0) is 28.9 Å². The van der Waals surface area contributed by atoms with E-state index in [9.17, 15) is 9.59 Å². The summed E-state index contributed by atoms with van der Waals surface area (Å²) in [5.74, 6) is 0.0544. The molecule has 1 aromatic heterocycles. The quantitative estimate of drug-likeness (QED) is 0.853. The number of aryl methyl sites for hydroxylation is 3. The van der Waals surface area contributed by atoms with Crippen molar-refractivity contribution in [1.82, 2.24) is 15.5 Å². The molecular formula is C21H26N4O2. The molecule has 1 aromatic carbocycles. The largest absolute Gasteiger partial charge is 0.351 e. The first-order chi connectivity index (χ1) is 13.1. The van der Waals surface area contributed by atoms with Crippen molar-refractivity contribution in [3.05, 3.63) is 46.8 Å². The van der Waals surface area contributed by atoms with Crippen LogP contribution < -0.4 is 10.2 Å². The molecule has 1 fully saturated rings. The number of hydrogen-bond acceptors (Lipinski definition) is 3. The Balaban J connectivity index is 1.31. The molecule has 0 bridgehead atoms. The van der Waals surface area contributed by atoms with Crippen molar-refractivity contribution in [2.45, 2.75) is 57.9 Å². The van der Waals surface area contributed by atoms with Gasteiger partial charge in [-0.15, -0.1) is 0 Å². The minimum Gasteiger partial charge on any atom is -0.351 e. The Labute approximate surface area is 159 Å². The second-order valence-electron chi connectivity index (χ2n) is 7.65. The van der Waals surface area contributed by atoms with Crippen molar-refractivity contribution in [2.75, 3.05) is 11.4 Å². The molecule has 27 heavy (non-hydrogen) atoms. The molecule has 1 unspecified atom stereocenters. The van der Waals surface area contributed by atoms with E-state index in [1.807, 2.05) is 31.2 Å². The van der Waals surface area contributed by atoms with Crippen LogP contribution in [0.1, 0.15) is 48.2 Å². The van der Waals surface area contributed by atoms with Crippen LogP contribution in [-0.4, -0.2) is 34.6 Å². The summed E-state index contributed by atoms with van der Waals surface area (Å²) in [7, 11) is 0. The van der Waals surface area contributed by atoms with E-state index in [-0.39, 0.29) is 17.9 Å². The van der Waals surface area contributed by atoms with Crippen LogP contribution in [0.4, 0.5) is 5.69 Å². The van der Waals surface area contributed by atoms with Gasteiger partial charge in [0.1, 0.15) is 0 Å². The number of fused-ring (bicyclic) bond motifs is 1. The maximum atomic E-state index is 12.4. The van der Waals surface area contributed by atoms with Gasteiger partial charge >= 0.3 is 0 Å². The Hall–Kier alpha value is -2.63. The molecule has 2 amide bonds. The van der Waals surface area contributed by atoms with E-state index in [2.05, 4.69) is 15.5 Å². The standard InChI is InChI=1S/C21H26N4O2/c1-14-5-4-6-16(11-14)25-13-15(12-21(25)27)22-20(26)10-9-19-17-7-2-3-8-18(17)23-24-19/h4-6,11,15H,2-3,7-10,12-13H2,1H3,(H,22,26)(H,23,24). The Morgan fingerprint density at radius 2 is 2.19 bits per heavy atom. The zero-order valence-electron chi connectivity index (χ0n) is 15.8. The van der Waals surface area contributed by atoms with Crippen LogP contribution in [0, 0.1) is 6.92 Å². The molecule has 142 valence electrons. The van der Waals surface area contributed by atoms with Crippen LogP contribution in [0.2, 0.25) is 0 Å². The fourth-order valence-corrected chi connectivity index (χ4v) is 4.14. The van der Waals surface area contributed by atoms with E-state index in [4.69, 9.17) is 0 Å². The summed E-state index contributed by atoms with van der Waals surface area (Å²) in [5, 5.41) is 10.6. The molecule has 1 aliphatic heterocycles. The third kappa shape index (κ3) is 3.89. The molecule has 6 heteroatoms. The van der Waals surface area contributed by atoms with Crippen LogP contribution in [0.3, 0.4) is 0 Å². The number of amides is 2. The van der Waals surface area contributed by atoms with Crippen molar-refractivity contribution in [3.8, 4) is 0 Å². The second kappa shape index (κ2) is 7.55. The first kappa shape index (κ1) is 17.8. The first-order valence-corrected chi connectivity index (χ1v) is 9.81. The molecule has 6 nitrogen and oxygen atoms in total. The maximum Gasteiger partial charge on any atom is 0.229 e. The first-order valence-electron chi connectivity index (χ1n) is 9.81. The molecule has 1 saturated heterocycles. The fraction of sp³-hybridized carbons (Fsp3) is 0.476. The Bertz CT molecular complexity index is 858. The summed E-state index contributed by atoms with van der Waals surface area (Å²) in [6, 6.07) is 7.78. The lowest BCUT2D eigenvalue weighted by atomic mass is 9.94. The molecule has 0 radical (unpaired) electrons. The second-order valence-corrected chi connectivity index (χ2v) is 7.65. The van der Waals surface area contributed by atoms with Gasteiger partial charge in [0.25, 0.3) is 0 Å². The average Bonchev–Trinajstić information content (AvgIpc) is 3.23. The number of aromatic amines is 1. The molecule has 1 atom stereocenters. The molecular weight excluding hydrogens is 340 g/mol. The molecule has 4 rings (SSSR count). The Kier molecular flexibility index (Phi) is 4.97. The number of benzene rings is 1. The van der Waals surface area contributed by atoms with E-state index in [1.54, 1.807) is 4.90 Å². The van der Waals surface area contributed by atoms with Gasteiger partial charge in [0.05, 0.1) is 11.7 Å². The van der Waals surface area contributed by atoms with Gasteiger partial charge < -0.3 is 10.2 Å². The number of nitrogens with one attached hydrogen (secondary N) is 2. The van der Waals surface area contributed by atoms with Crippen LogP contribution in [0.15, 0.2) is 24.3 Å². The number of carbonyl (C=O) groups is 2. The van der Waals surface area contributed by atoms with E-state index >= 15 is 0 Å². The van der Waals surface area contributed by atoms with Crippen LogP contribution in [0.25, 0.3) is 0 Å². The van der Waals surface area contributed by atoms with Crippen molar-refractivity contribution in [1.29, 1.82) is 0 Å². The van der Waals surface area contributed by atoms with Crippen LogP contribution in [0.5, 0.6) is 0 Å². The lowest BCUT2D eigenvalue weighted by Gasteiger charge is -2.17. The fourth-order valence-electron chi connectivity index (χ4n) is 4.14. The zero-order chi connectivity index (χ0) is 18.8. The van der Waals surface area contributed by atoms with Crippen molar-refractivity contribution in [2.24, 2.45) is 0 Å². The van der Waals surface area contributed by atoms with E-state index in [0.717, 1.165) is 29.8 Å². The maximum absolute atomic E-state index is 12.4. The number of anilines is 1. The SMILES string of the molecule is Cc1cccc(N2CC(NC(=O)CCc3n[nH]c4c3CCCC4)CC2=O)c1. The number of H-pyrrole nitrogens is 1. The highest BCUT2D eigenvalue weighted by molar-refractivity contribution is 5.96. The number of rotatable bonds is 5. The molecule has 2 aliphatic rings. The van der Waals surface area contributed by atoms with E-state index in [1.165, 1.54) is 24.1 Å². The Morgan fingerprint density at radius 3 is 3.04 bits per heavy atom. The zero-order valence-corrected chi connectivity index (χ0v) is 15.8. The molecule has 0 spiro atoms. The average molecular weight is 366 g/mol. The highest BCUT2D eigenvalue weighted by atomic mass is 16.2. The van der Waals surface area contributed by atoms with Gasteiger partial charge in [0, 0.05) is 37.2 Å². The van der Waals surface area contributed by atoms with Gasteiger partial charge in [0.2, 0.25) is 11.8 Å². The van der Waals surface area contributed by atoms with Gasteiger partial charge in [0.15, 0.2) is 0 Å². The van der Waals surface area contributed by atoms with Gasteiger partial charge in [-0.3, -0.25) is 14.7 Å². The predicted molar refractivity (Wildman–Crippen MR) is 104 cm³/mol. The predicted octanol–water partition coefficient (Wildman–Crippen LogP) is 2.45. The molecule has 2 N–H and O–H groups in total. The van der Waals surface area contributed by atoms with Gasteiger partial charge in [-0.05, 0) is 55.9 Å². The topological polar surface area (TPSA) is 78.1 Å². The highest BCUT2D eigenvalue weighted by Crippen LogP contribution is 2.24. The monoisotopic (exact) mass is 366 g/mol. The summed E-state index contributed by atoms with van der Waals surface area (Å²) >= 11 is 0. The van der Waals surface area contributed by atoms with E-state index < -0.39 is 0 Å². The van der Waals surface area contributed by atoms with E-state index in [0.29, 0.717) is 25.8 Å². The summed E-state index contributed by atoms with van der Waals surface area (Å²) in [6.45, 7) is 2.54. The summed E-state index contributed by atoms with van der Waals surface area (Å²) in [4.78, 5) is 26.5. The number of hydrogen-bond donors (Lipinski definition) is 2. The summed E-state index contributed by atoms with van der Waals surface area (Å²) in [6.07, 6.45) is 5.95. The minimum absolute atomic E-state index is 0.00792. The normalized spacial score (nSPS) is 19.2. The van der Waals surface area contributed by atoms with Gasteiger partial charge in [-0.1, -0.05) is 12.1 Å². The molecule has 2 heterocycles. The number of nitrogens with zero attached hydrogens (tertiary/aromatic N) is 2. The van der Waals surface area contributed by atoms with Crippen molar-refractivity contribution in [3.63, 3.8) is 0 Å². The van der Waals surface area contributed by atoms with Crippen LogP contribution >= 0.6 is 0 Å². The molecule has 1 aliphatic carbocycles. The Morgan fingerprint density at radius 1 is 1.33 bits per heavy atom. The minimum atomic E-state index is -0.126. The smallest absolute Gasteiger partial charge is 0.229 e. The van der Waals surface area contributed by atoms with Crippen molar-refractivity contribution >= 4 is 17.5 Å². The summed E-state index contributed by atoms with van der Waals surface area (Å²) < 4.78 is 0. The lowest BCUT2D eigenvalue weighted by Crippen LogP contribution is -2.37.